The molecule has 0 radical (unpaired) electrons. The molecule has 0 spiro atoms. The van der Waals surface area contributed by atoms with Gasteiger partial charge in [0.15, 0.2) is 0 Å². The average Bonchev–Trinajstić information content (AvgIpc) is 2.46. The lowest BCUT2D eigenvalue weighted by atomic mass is 10.3. The maximum atomic E-state index is 4.59. The van der Waals surface area contributed by atoms with Crippen molar-refractivity contribution < 1.29 is 0 Å². The minimum absolute atomic E-state index is 0.676. The molecule has 0 aliphatic heterocycles. The Balaban J connectivity index is 2.14. The van der Waals surface area contributed by atoms with Crippen LogP contribution in [0.3, 0.4) is 0 Å². The molecule has 112 valence electrons. The van der Waals surface area contributed by atoms with E-state index in [0.29, 0.717) is 5.95 Å². The number of hydrogen-bond donors (Lipinski definition) is 1. The van der Waals surface area contributed by atoms with Crippen LogP contribution in [-0.4, -0.2) is 49.1 Å². The molecule has 2 aromatic rings. The molecular formula is C16H23N5. The van der Waals surface area contributed by atoms with E-state index in [1.807, 2.05) is 52.3 Å². The number of likely N-dealkylation sites (N-methyl/N-ethyl adjacent to an activating group) is 1. The summed E-state index contributed by atoms with van der Waals surface area (Å²) in [6.45, 7) is 3.76. The Morgan fingerprint density at radius 1 is 1.05 bits per heavy atom. The van der Waals surface area contributed by atoms with Crippen LogP contribution in [0.5, 0.6) is 0 Å². The van der Waals surface area contributed by atoms with Crippen molar-refractivity contribution >= 4 is 17.5 Å². The number of nitrogens with zero attached hydrogens (tertiary/aromatic N) is 4. The number of rotatable bonds is 6. The van der Waals surface area contributed by atoms with Crippen molar-refractivity contribution in [1.82, 2.24) is 14.9 Å². The normalized spacial score (nSPS) is 10.7. The average molecular weight is 285 g/mol. The van der Waals surface area contributed by atoms with Gasteiger partial charge < -0.3 is 15.1 Å². The Kier molecular flexibility index (Phi) is 5.11. The molecule has 1 aromatic heterocycles. The standard InChI is InChI=1S/C16H23N5/c1-13-12-15(21(4)14-8-6-5-7-9-14)19-16(18-13)17-10-11-20(2)3/h5-9,12H,10-11H2,1-4H3,(H,17,18,19). The summed E-state index contributed by atoms with van der Waals surface area (Å²) >= 11 is 0. The first kappa shape index (κ1) is 15.3. The van der Waals surface area contributed by atoms with Crippen LogP contribution in [0.1, 0.15) is 5.69 Å². The van der Waals surface area contributed by atoms with Crippen molar-refractivity contribution in [1.29, 1.82) is 0 Å². The molecule has 1 heterocycles. The second-order valence-electron chi connectivity index (χ2n) is 5.32. The Morgan fingerprint density at radius 3 is 2.43 bits per heavy atom. The molecule has 0 aliphatic rings. The Hall–Kier alpha value is -2.14. The van der Waals surface area contributed by atoms with Crippen LogP contribution in [0.15, 0.2) is 36.4 Å². The molecule has 2 rings (SSSR count). The van der Waals surface area contributed by atoms with E-state index in [1.54, 1.807) is 0 Å². The highest BCUT2D eigenvalue weighted by Crippen LogP contribution is 2.22. The fraction of sp³-hybridized carbons (Fsp3) is 0.375. The summed E-state index contributed by atoms with van der Waals surface area (Å²) in [5, 5.41) is 3.27. The van der Waals surface area contributed by atoms with Gasteiger partial charge in [-0.2, -0.15) is 4.98 Å². The molecule has 0 amide bonds. The van der Waals surface area contributed by atoms with E-state index >= 15 is 0 Å². The number of aromatic nitrogens is 2. The van der Waals surface area contributed by atoms with Crippen LogP contribution in [0.4, 0.5) is 17.5 Å². The van der Waals surface area contributed by atoms with Gasteiger partial charge in [-0.1, -0.05) is 18.2 Å². The fourth-order valence-corrected chi connectivity index (χ4v) is 1.98. The SMILES string of the molecule is Cc1cc(N(C)c2ccccc2)nc(NCCN(C)C)n1. The third-order valence-electron chi connectivity index (χ3n) is 3.17. The zero-order valence-corrected chi connectivity index (χ0v) is 13.2. The number of hydrogen-bond acceptors (Lipinski definition) is 5. The molecule has 1 N–H and O–H groups in total. The topological polar surface area (TPSA) is 44.3 Å². The number of nitrogens with one attached hydrogen (secondary N) is 1. The minimum Gasteiger partial charge on any atom is -0.353 e. The zero-order valence-electron chi connectivity index (χ0n) is 13.2. The maximum Gasteiger partial charge on any atom is 0.224 e. The van der Waals surface area contributed by atoms with Gasteiger partial charge in [-0.05, 0) is 33.2 Å². The number of para-hydroxylation sites is 1. The lowest BCUT2D eigenvalue weighted by molar-refractivity contribution is 0.425. The Morgan fingerprint density at radius 2 is 1.76 bits per heavy atom. The lowest BCUT2D eigenvalue weighted by Crippen LogP contribution is -2.22. The molecule has 0 fully saturated rings. The van der Waals surface area contributed by atoms with Gasteiger partial charge in [0.2, 0.25) is 5.95 Å². The summed E-state index contributed by atoms with van der Waals surface area (Å²) < 4.78 is 0. The summed E-state index contributed by atoms with van der Waals surface area (Å²) in [6, 6.07) is 12.2. The minimum atomic E-state index is 0.676. The van der Waals surface area contributed by atoms with E-state index in [-0.39, 0.29) is 0 Å². The van der Waals surface area contributed by atoms with Gasteiger partial charge in [0, 0.05) is 37.6 Å². The molecule has 0 saturated heterocycles. The number of anilines is 3. The highest BCUT2D eigenvalue weighted by Gasteiger charge is 2.08. The molecule has 5 nitrogen and oxygen atoms in total. The first-order valence-electron chi connectivity index (χ1n) is 7.09. The van der Waals surface area contributed by atoms with Crippen molar-refractivity contribution in [2.75, 3.05) is 44.4 Å². The van der Waals surface area contributed by atoms with E-state index in [2.05, 4.69) is 37.2 Å². The second-order valence-corrected chi connectivity index (χ2v) is 5.32. The van der Waals surface area contributed by atoms with E-state index in [9.17, 15) is 0 Å². The van der Waals surface area contributed by atoms with E-state index in [4.69, 9.17) is 0 Å². The summed E-state index contributed by atoms with van der Waals surface area (Å²) in [5.41, 5.74) is 2.06. The van der Waals surface area contributed by atoms with Gasteiger partial charge in [-0.15, -0.1) is 0 Å². The number of aryl methyl sites for hydroxylation is 1. The Labute approximate surface area is 126 Å². The molecule has 0 saturated carbocycles. The fourth-order valence-electron chi connectivity index (χ4n) is 1.98. The summed E-state index contributed by atoms with van der Waals surface area (Å²) in [4.78, 5) is 13.2. The second kappa shape index (κ2) is 7.04. The van der Waals surface area contributed by atoms with Crippen LogP contribution in [0.2, 0.25) is 0 Å². The van der Waals surface area contributed by atoms with Crippen molar-refractivity contribution in [3.05, 3.63) is 42.1 Å². The van der Waals surface area contributed by atoms with Crippen LogP contribution in [0.25, 0.3) is 0 Å². The van der Waals surface area contributed by atoms with Crippen LogP contribution >= 0.6 is 0 Å². The molecule has 0 bridgehead atoms. The highest BCUT2D eigenvalue weighted by atomic mass is 15.2. The van der Waals surface area contributed by atoms with Gasteiger partial charge in [-0.3, -0.25) is 0 Å². The first-order valence-corrected chi connectivity index (χ1v) is 7.09. The lowest BCUT2D eigenvalue weighted by Gasteiger charge is -2.19. The Bertz CT molecular complexity index is 568. The van der Waals surface area contributed by atoms with Gasteiger partial charge in [0.25, 0.3) is 0 Å². The first-order chi connectivity index (χ1) is 10.1. The molecule has 0 atom stereocenters. The van der Waals surface area contributed by atoms with Crippen molar-refractivity contribution in [2.45, 2.75) is 6.92 Å². The summed E-state index contributed by atoms with van der Waals surface area (Å²) in [7, 11) is 6.11. The monoisotopic (exact) mass is 285 g/mol. The van der Waals surface area contributed by atoms with Crippen LogP contribution < -0.4 is 10.2 Å². The van der Waals surface area contributed by atoms with Crippen molar-refractivity contribution in [3.63, 3.8) is 0 Å². The van der Waals surface area contributed by atoms with Gasteiger partial charge in [0.1, 0.15) is 5.82 Å². The van der Waals surface area contributed by atoms with Gasteiger partial charge >= 0.3 is 0 Å². The maximum absolute atomic E-state index is 4.59. The van der Waals surface area contributed by atoms with E-state index < -0.39 is 0 Å². The van der Waals surface area contributed by atoms with Crippen LogP contribution in [-0.2, 0) is 0 Å². The van der Waals surface area contributed by atoms with Crippen LogP contribution in [0, 0.1) is 6.92 Å². The quantitative estimate of drug-likeness (QED) is 0.883. The molecule has 1 aromatic carbocycles. The van der Waals surface area contributed by atoms with E-state index in [0.717, 1.165) is 30.3 Å². The predicted octanol–water partition coefficient (Wildman–Crippen LogP) is 2.53. The third-order valence-corrected chi connectivity index (χ3v) is 3.17. The summed E-state index contributed by atoms with van der Waals surface area (Å²) in [5.74, 6) is 1.57. The van der Waals surface area contributed by atoms with Crippen molar-refractivity contribution in [2.24, 2.45) is 0 Å². The molecule has 21 heavy (non-hydrogen) atoms. The highest BCUT2D eigenvalue weighted by molar-refractivity contribution is 5.60. The van der Waals surface area contributed by atoms with E-state index in [1.165, 1.54) is 0 Å². The van der Waals surface area contributed by atoms with Crippen molar-refractivity contribution in [3.8, 4) is 0 Å². The zero-order chi connectivity index (χ0) is 15.2. The predicted molar refractivity (Wildman–Crippen MR) is 88.3 cm³/mol. The molecule has 0 aliphatic carbocycles. The molecular weight excluding hydrogens is 262 g/mol. The molecule has 5 heteroatoms. The number of benzene rings is 1. The third kappa shape index (κ3) is 4.43. The van der Waals surface area contributed by atoms with Gasteiger partial charge in [-0.25, -0.2) is 4.98 Å². The smallest absolute Gasteiger partial charge is 0.224 e. The summed E-state index contributed by atoms with van der Waals surface area (Å²) in [6.07, 6.45) is 0. The molecule has 0 unspecified atom stereocenters. The van der Waals surface area contributed by atoms with Gasteiger partial charge in [0.05, 0.1) is 0 Å². The largest absolute Gasteiger partial charge is 0.353 e.